The highest BCUT2D eigenvalue weighted by atomic mass is 35.5. The molecule has 1 aliphatic heterocycles. The van der Waals surface area contributed by atoms with E-state index in [1.54, 1.807) is 0 Å². The Morgan fingerprint density at radius 2 is 2.26 bits per heavy atom. The molecule has 1 aliphatic rings. The van der Waals surface area contributed by atoms with Gasteiger partial charge in [-0.3, -0.25) is 9.48 Å². The SMILES string of the molecule is CCCn1ncc(Cl)c1C(=O)C1CCCCS1(=O)=O. The minimum Gasteiger partial charge on any atom is -0.291 e. The molecule has 0 amide bonds. The summed E-state index contributed by atoms with van der Waals surface area (Å²) >= 11 is 5.99. The fraction of sp³-hybridized carbons (Fsp3) is 0.667. The minimum absolute atomic E-state index is 0.0863. The molecule has 1 aromatic heterocycles. The number of hydrogen-bond donors (Lipinski definition) is 0. The minimum atomic E-state index is -3.35. The van der Waals surface area contributed by atoms with Crippen molar-refractivity contribution >= 4 is 27.2 Å². The number of carbonyl (C=O) groups is 1. The summed E-state index contributed by atoms with van der Waals surface area (Å²) in [5.74, 6) is -0.321. The second kappa shape index (κ2) is 5.63. The first-order valence-electron chi connectivity index (χ1n) is 6.44. The van der Waals surface area contributed by atoms with Crippen molar-refractivity contribution in [3.05, 3.63) is 16.9 Å². The van der Waals surface area contributed by atoms with Gasteiger partial charge in [0.15, 0.2) is 15.6 Å². The van der Waals surface area contributed by atoms with Gasteiger partial charge in [0.2, 0.25) is 0 Å². The third-order valence-electron chi connectivity index (χ3n) is 3.33. The lowest BCUT2D eigenvalue weighted by Crippen LogP contribution is -2.36. The highest BCUT2D eigenvalue weighted by molar-refractivity contribution is 7.92. The Bertz CT molecular complexity index is 580. The molecule has 0 spiro atoms. The Morgan fingerprint density at radius 1 is 1.53 bits per heavy atom. The van der Waals surface area contributed by atoms with Gasteiger partial charge in [0.05, 0.1) is 17.0 Å². The summed E-state index contributed by atoms with van der Waals surface area (Å²) in [7, 11) is -3.35. The van der Waals surface area contributed by atoms with Gasteiger partial charge in [-0.25, -0.2) is 8.42 Å². The molecule has 0 aromatic carbocycles. The topological polar surface area (TPSA) is 69.0 Å². The van der Waals surface area contributed by atoms with Crippen LogP contribution in [0.5, 0.6) is 0 Å². The molecule has 5 nitrogen and oxygen atoms in total. The van der Waals surface area contributed by atoms with Gasteiger partial charge in [-0.05, 0) is 19.3 Å². The van der Waals surface area contributed by atoms with Crippen LogP contribution in [0.15, 0.2) is 6.20 Å². The molecule has 0 aliphatic carbocycles. The number of rotatable bonds is 4. The van der Waals surface area contributed by atoms with Crippen LogP contribution in [0, 0.1) is 0 Å². The highest BCUT2D eigenvalue weighted by Gasteiger charge is 2.37. The van der Waals surface area contributed by atoms with Crippen LogP contribution in [0.25, 0.3) is 0 Å². The first-order chi connectivity index (χ1) is 8.97. The normalized spacial score (nSPS) is 22.3. The molecular formula is C12H17ClN2O3S. The largest absolute Gasteiger partial charge is 0.291 e. The third kappa shape index (κ3) is 2.84. The first-order valence-corrected chi connectivity index (χ1v) is 8.53. The maximum Gasteiger partial charge on any atom is 0.200 e. The van der Waals surface area contributed by atoms with Gasteiger partial charge in [0, 0.05) is 6.54 Å². The molecule has 1 aromatic rings. The summed E-state index contributed by atoms with van der Waals surface area (Å²) in [4.78, 5) is 12.5. The molecule has 0 N–H and O–H groups in total. The number of hydrogen-bond acceptors (Lipinski definition) is 4. The Morgan fingerprint density at radius 3 is 2.89 bits per heavy atom. The van der Waals surface area contributed by atoms with Crippen molar-refractivity contribution in [2.45, 2.75) is 44.4 Å². The smallest absolute Gasteiger partial charge is 0.200 e. The lowest BCUT2D eigenvalue weighted by molar-refractivity contribution is 0.0971. The first kappa shape index (κ1) is 14.5. The van der Waals surface area contributed by atoms with E-state index in [-0.39, 0.29) is 16.5 Å². The summed E-state index contributed by atoms with van der Waals surface area (Å²) in [6.07, 6.45) is 3.98. The Labute approximate surface area is 117 Å². The molecule has 2 rings (SSSR count). The molecule has 7 heteroatoms. The molecule has 106 valence electrons. The lowest BCUT2D eigenvalue weighted by Gasteiger charge is -2.21. The van der Waals surface area contributed by atoms with Crippen molar-refractivity contribution in [2.75, 3.05) is 5.75 Å². The van der Waals surface area contributed by atoms with Gasteiger partial charge in [-0.2, -0.15) is 5.10 Å². The molecule has 0 radical (unpaired) electrons. The van der Waals surface area contributed by atoms with E-state index in [0.717, 1.165) is 12.8 Å². The Kier molecular flexibility index (Phi) is 4.30. The van der Waals surface area contributed by atoms with Crippen molar-refractivity contribution in [1.29, 1.82) is 0 Å². The summed E-state index contributed by atoms with van der Waals surface area (Å²) in [5.41, 5.74) is 0.235. The Balaban J connectivity index is 2.36. The van der Waals surface area contributed by atoms with E-state index in [0.29, 0.717) is 19.4 Å². The van der Waals surface area contributed by atoms with Gasteiger partial charge in [0.1, 0.15) is 10.9 Å². The highest BCUT2D eigenvalue weighted by Crippen LogP contribution is 2.26. The summed E-state index contributed by atoms with van der Waals surface area (Å²) in [5, 5.41) is 3.32. The molecular weight excluding hydrogens is 288 g/mol. The van der Waals surface area contributed by atoms with Crippen LogP contribution in [0.3, 0.4) is 0 Å². The van der Waals surface area contributed by atoms with Crippen molar-refractivity contribution in [2.24, 2.45) is 0 Å². The van der Waals surface area contributed by atoms with Crippen molar-refractivity contribution in [1.82, 2.24) is 9.78 Å². The summed E-state index contributed by atoms with van der Waals surface area (Å²) in [6.45, 7) is 2.52. The van der Waals surface area contributed by atoms with Gasteiger partial charge >= 0.3 is 0 Å². The zero-order valence-corrected chi connectivity index (χ0v) is 12.4. The molecule has 1 atom stereocenters. The van der Waals surface area contributed by atoms with Gasteiger partial charge in [0.25, 0.3) is 0 Å². The second-order valence-corrected chi connectivity index (χ2v) is 7.49. The maximum absolute atomic E-state index is 12.5. The number of aromatic nitrogens is 2. The quantitative estimate of drug-likeness (QED) is 0.799. The van der Waals surface area contributed by atoms with Gasteiger partial charge in [-0.15, -0.1) is 0 Å². The molecule has 1 saturated heterocycles. The summed E-state index contributed by atoms with van der Waals surface area (Å²) < 4.78 is 25.5. The van der Waals surface area contributed by atoms with E-state index in [1.807, 2.05) is 6.92 Å². The number of Topliss-reactive ketones (excluding diaryl/α,β-unsaturated/α-hetero) is 1. The molecule has 0 saturated carbocycles. The van der Waals surface area contributed by atoms with Crippen LogP contribution in [0.4, 0.5) is 0 Å². The van der Waals surface area contributed by atoms with Crippen LogP contribution in [-0.4, -0.2) is 35.0 Å². The van der Waals surface area contributed by atoms with Crippen LogP contribution in [0.1, 0.15) is 43.1 Å². The fourth-order valence-electron chi connectivity index (χ4n) is 2.39. The van der Waals surface area contributed by atoms with Crippen molar-refractivity contribution in [3.63, 3.8) is 0 Å². The van der Waals surface area contributed by atoms with E-state index < -0.39 is 20.9 Å². The van der Waals surface area contributed by atoms with E-state index in [2.05, 4.69) is 5.10 Å². The zero-order chi connectivity index (χ0) is 14.0. The predicted octanol–water partition coefficient (Wildman–Crippen LogP) is 2.10. The molecule has 1 fully saturated rings. The van der Waals surface area contributed by atoms with Crippen LogP contribution in [0.2, 0.25) is 5.02 Å². The fourth-order valence-corrected chi connectivity index (χ4v) is 4.48. The van der Waals surface area contributed by atoms with Crippen molar-refractivity contribution < 1.29 is 13.2 Å². The zero-order valence-electron chi connectivity index (χ0n) is 10.8. The van der Waals surface area contributed by atoms with Gasteiger partial charge in [-0.1, -0.05) is 24.9 Å². The lowest BCUT2D eigenvalue weighted by atomic mass is 10.1. The third-order valence-corrected chi connectivity index (χ3v) is 5.79. The number of nitrogens with zero attached hydrogens (tertiary/aromatic N) is 2. The Hall–Kier alpha value is -0.880. The van der Waals surface area contributed by atoms with E-state index in [9.17, 15) is 13.2 Å². The number of halogens is 1. The monoisotopic (exact) mass is 304 g/mol. The van der Waals surface area contributed by atoms with E-state index >= 15 is 0 Å². The van der Waals surface area contributed by atoms with Gasteiger partial charge < -0.3 is 0 Å². The average molecular weight is 305 g/mol. The predicted molar refractivity (Wildman–Crippen MR) is 73.3 cm³/mol. The number of aryl methyl sites for hydroxylation is 1. The average Bonchev–Trinajstić information content (AvgIpc) is 2.70. The molecule has 19 heavy (non-hydrogen) atoms. The number of ketones is 1. The molecule has 0 bridgehead atoms. The standard InChI is InChI=1S/C12H17ClN2O3S/c1-2-6-15-11(9(13)8-14-15)12(16)10-5-3-4-7-19(10,17)18/h8,10H,2-7H2,1H3. The molecule has 2 heterocycles. The van der Waals surface area contributed by atoms with E-state index in [1.165, 1.54) is 10.9 Å². The molecule has 1 unspecified atom stereocenters. The van der Waals surface area contributed by atoms with E-state index in [4.69, 9.17) is 11.6 Å². The van der Waals surface area contributed by atoms with Crippen molar-refractivity contribution in [3.8, 4) is 0 Å². The van der Waals surface area contributed by atoms with Crippen LogP contribution >= 0.6 is 11.6 Å². The number of sulfone groups is 1. The number of carbonyl (C=O) groups excluding carboxylic acids is 1. The van der Waals surface area contributed by atoms with Crippen LogP contribution in [-0.2, 0) is 16.4 Å². The maximum atomic E-state index is 12.5. The second-order valence-electron chi connectivity index (χ2n) is 4.78. The summed E-state index contributed by atoms with van der Waals surface area (Å²) in [6, 6.07) is 0. The van der Waals surface area contributed by atoms with Crippen LogP contribution < -0.4 is 0 Å².